The van der Waals surface area contributed by atoms with Crippen molar-refractivity contribution in [2.75, 3.05) is 11.3 Å². The zero-order valence-corrected chi connectivity index (χ0v) is 18.7. The van der Waals surface area contributed by atoms with E-state index < -0.39 is 10.0 Å². The summed E-state index contributed by atoms with van der Waals surface area (Å²) in [7, 11) is -3.81. The summed E-state index contributed by atoms with van der Waals surface area (Å²) in [6.45, 7) is 3.55. The first kappa shape index (κ1) is 22.7. The highest BCUT2D eigenvalue weighted by Gasteiger charge is 2.17. The van der Waals surface area contributed by atoms with E-state index in [9.17, 15) is 13.2 Å². The number of ether oxygens (including phenoxy) is 1. The second kappa shape index (κ2) is 9.85. The van der Waals surface area contributed by atoms with Gasteiger partial charge in [0.15, 0.2) is 6.61 Å². The van der Waals surface area contributed by atoms with Crippen molar-refractivity contribution in [3.63, 3.8) is 0 Å². The summed E-state index contributed by atoms with van der Waals surface area (Å²) >= 11 is 6.20. The summed E-state index contributed by atoms with van der Waals surface area (Å²) in [6, 6.07) is 20.5. The maximum absolute atomic E-state index is 12.6. The minimum atomic E-state index is -3.81. The Morgan fingerprint density at radius 2 is 1.71 bits per heavy atom. The summed E-state index contributed by atoms with van der Waals surface area (Å²) < 4.78 is 33.2. The number of rotatable bonds is 8. The molecule has 1 amide bonds. The average molecular weight is 459 g/mol. The molecule has 0 bridgehead atoms. The van der Waals surface area contributed by atoms with E-state index in [1.807, 2.05) is 56.3 Å². The van der Waals surface area contributed by atoms with Gasteiger partial charge < -0.3 is 10.1 Å². The molecule has 0 radical (unpaired) electrons. The molecule has 8 heteroatoms. The Morgan fingerprint density at radius 3 is 2.35 bits per heavy atom. The lowest BCUT2D eigenvalue weighted by Gasteiger charge is -2.15. The van der Waals surface area contributed by atoms with E-state index in [0.717, 1.165) is 11.1 Å². The molecular formula is C23H23ClN2O4S. The number of carbonyl (C=O) groups excluding carboxylic acids is 1. The van der Waals surface area contributed by atoms with Crippen LogP contribution in [-0.2, 0) is 14.8 Å². The fourth-order valence-electron chi connectivity index (χ4n) is 2.85. The third kappa shape index (κ3) is 6.23. The molecule has 1 atom stereocenters. The van der Waals surface area contributed by atoms with Crippen molar-refractivity contribution in [3.8, 4) is 5.75 Å². The molecule has 0 heterocycles. The van der Waals surface area contributed by atoms with Gasteiger partial charge in [0.25, 0.3) is 15.9 Å². The predicted molar refractivity (Wildman–Crippen MR) is 122 cm³/mol. The highest BCUT2D eigenvalue weighted by Crippen LogP contribution is 2.28. The zero-order valence-electron chi connectivity index (χ0n) is 17.1. The summed E-state index contributed by atoms with van der Waals surface area (Å²) in [6.07, 6.45) is 0. The number of benzene rings is 3. The van der Waals surface area contributed by atoms with Gasteiger partial charge in [-0.3, -0.25) is 9.52 Å². The smallest absolute Gasteiger partial charge is 0.261 e. The quantitative estimate of drug-likeness (QED) is 0.512. The fraction of sp³-hybridized carbons (Fsp3) is 0.174. The van der Waals surface area contributed by atoms with Crippen LogP contribution in [0.4, 0.5) is 5.69 Å². The molecule has 31 heavy (non-hydrogen) atoms. The number of carbonyl (C=O) groups is 1. The standard InChI is InChI=1S/C23H23ClN2O4S/c1-16-8-10-19(11-9-16)26-31(28,29)20-12-13-22(21(24)14-20)30-15-23(27)25-17(2)18-6-4-3-5-7-18/h3-14,17,26H,15H2,1-2H3,(H,25,27)/t17-/m0/s1. The Bertz CT molecular complexity index is 1150. The van der Waals surface area contributed by atoms with Gasteiger partial charge in [0.05, 0.1) is 16.0 Å². The average Bonchev–Trinajstić information content (AvgIpc) is 2.75. The monoisotopic (exact) mass is 458 g/mol. The van der Waals surface area contributed by atoms with Crippen LogP contribution in [-0.4, -0.2) is 20.9 Å². The number of hydrogen-bond acceptors (Lipinski definition) is 4. The van der Waals surface area contributed by atoms with E-state index in [4.69, 9.17) is 16.3 Å². The summed E-state index contributed by atoms with van der Waals surface area (Å²) in [5.41, 5.74) is 2.45. The van der Waals surface area contributed by atoms with Crippen molar-refractivity contribution in [2.45, 2.75) is 24.8 Å². The largest absolute Gasteiger partial charge is 0.482 e. The molecule has 3 aromatic carbocycles. The topological polar surface area (TPSA) is 84.5 Å². The van der Waals surface area contributed by atoms with Gasteiger partial charge in [-0.1, -0.05) is 59.6 Å². The lowest BCUT2D eigenvalue weighted by atomic mass is 10.1. The van der Waals surface area contributed by atoms with Crippen LogP contribution >= 0.6 is 11.6 Å². The number of aryl methyl sites for hydroxylation is 1. The molecule has 0 saturated carbocycles. The molecule has 0 aliphatic rings. The number of amides is 1. The normalized spacial score (nSPS) is 12.1. The molecule has 0 fully saturated rings. The molecule has 0 unspecified atom stereocenters. The number of sulfonamides is 1. The van der Waals surface area contributed by atoms with E-state index in [1.54, 1.807) is 12.1 Å². The molecule has 3 aromatic rings. The first-order chi connectivity index (χ1) is 14.7. The van der Waals surface area contributed by atoms with Gasteiger partial charge >= 0.3 is 0 Å². The van der Waals surface area contributed by atoms with Crippen LogP contribution in [0.1, 0.15) is 24.1 Å². The van der Waals surface area contributed by atoms with Crippen LogP contribution in [0.15, 0.2) is 77.7 Å². The SMILES string of the molecule is Cc1ccc(NS(=O)(=O)c2ccc(OCC(=O)N[C@@H](C)c3ccccc3)c(Cl)c2)cc1. The summed E-state index contributed by atoms with van der Waals surface area (Å²) in [5, 5.41) is 2.93. The summed E-state index contributed by atoms with van der Waals surface area (Å²) in [5.74, 6) is -0.0939. The minimum Gasteiger partial charge on any atom is -0.482 e. The van der Waals surface area contributed by atoms with Gasteiger partial charge in [-0.2, -0.15) is 0 Å². The van der Waals surface area contributed by atoms with Crippen molar-refractivity contribution in [3.05, 3.63) is 88.9 Å². The second-order valence-corrected chi connectivity index (χ2v) is 9.14. The van der Waals surface area contributed by atoms with Crippen molar-refractivity contribution in [2.24, 2.45) is 0 Å². The molecule has 0 aromatic heterocycles. The van der Waals surface area contributed by atoms with Crippen LogP contribution < -0.4 is 14.8 Å². The Morgan fingerprint density at radius 1 is 1.03 bits per heavy atom. The van der Waals surface area contributed by atoms with E-state index >= 15 is 0 Å². The molecule has 2 N–H and O–H groups in total. The Balaban J connectivity index is 1.61. The van der Waals surface area contributed by atoms with Gasteiger partial charge in [0.2, 0.25) is 0 Å². The minimum absolute atomic E-state index is 0.00687. The van der Waals surface area contributed by atoms with Crippen LogP contribution in [0.5, 0.6) is 5.75 Å². The van der Waals surface area contributed by atoms with E-state index in [0.29, 0.717) is 5.69 Å². The van der Waals surface area contributed by atoms with Gasteiger partial charge in [-0.05, 0) is 49.7 Å². The second-order valence-electron chi connectivity index (χ2n) is 7.05. The number of halogens is 1. The molecule has 0 aliphatic heterocycles. The third-order valence-electron chi connectivity index (χ3n) is 4.55. The van der Waals surface area contributed by atoms with Crippen molar-refractivity contribution in [1.29, 1.82) is 0 Å². The highest BCUT2D eigenvalue weighted by molar-refractivity contribution is 7.92. The van der Waals surface area contributed by atoms with Crippen molar-refractivity contribution >= 4 is 33.2 Å². The van der Waals surface area contributed by atoms with Crippen LogP contribution in [0.2, 0.25) is 5.02 Å². The van der Waals surface area contributed by atoms with Crippen LogP contribution in [0, 0.1) is 6.92 Å². The number of hydrogen-bond donors (Lipinski definition) is 2. The molecule has 6 nitrogen and oxygen atoms in total. The molecule has 0 spiro atoms. The molecule has 0 aliphatic carbocycles. The summed E-state index contributed by atoms with van der Waals surface area (Å²) in [4.78, 5) is 12.2. The maximum atomic E-state index is 12.6. The Labute approximate surface area is 187 Å². The molecule has 0 saturated heterocycles. The van der Waals surface area contributed by atoms with Gasteiger partial charge in [-0.25, -0.2) is 8.42 Å². The third-order valence-corrected chi connectivity index (χ3v) is 6.23. The van der Waals surface area contributed by atoms with Gasteiger partial charge in [0, 0.05) is 5.69 Å². The van der Waals surface area contributed by atoms with E-state index in [-0.39, 0.29) is 34.2 Å². The fourth-order valence-corrected chi connectivity index (χ4v) is 4.24. The lowest BCUT2D eigenvalue weighted by Crippen LogP contribution is -2.31. The Hall–Kier alpha value is -3.03. The number of anilines is 1. The maximum Gasteiger partial charge on any atom is 0.261 e. The zero-order chi connectivity index (χ0) is 22.4. The van der Waals surface area contributed by atoms with Crippen LogP contribution in [0.25, 0.3) is 0 Å². The molecule has 3 rings (SSSR count). The molecular weight excluding hydrogens is 436 g/mol. The van der Waals surface area contributed by atoms with E-state index in [2.05, 4.69) is 10.0 Å². The molecule has 162 valence electrons. The van der Waals surface area contributed by atoms with Crippen molar-refractivity contribution < 1.29 is 17.9 Å². The lowest BCUT2D eigenvalue weighted by molar-refractivity contribution is -0.123. The van der Waals surface area contributed by atoms with Crippen LogP contribution in [0.3, 0.4) is 0 Å². The van der Waals surface area contributed by atoms with Crippen molar-refractivity contribution in [1.82, 2.24) is 5.32 Å². The van der Waals surface area contributed by atoms with Gasteiger partial charge in [0.1, 0.15) is 5.75 Å². The highest BCUT2D eigenvalue weighted by atomic mass is 35.5. The predicted octanol–water partition coefficient (Wildman–Crippen LogP) is 4.71. The number of nitrogens with one attached hydrogen (secondary N) is 2. The van der Waals surface area contributed by atoms with Gasteiger partial charge in [-0.15, -0.1) is 0 Å². The Kier molecular flexibility index (Phi) is 7.20. The first-order valence-electron chi connectivity index (χ1n) is 9.61. The first-order valence-corrected chi connectivity index (χ1v) is 11.5. The van der Waals surface area contributed by atoms with E-state index in [1.165, 1.54) is 18.2 Å².